The molecular weight excluding hydrogens is 421 g/mol. The Labute approximate surface area is 267 Å². The molecule has 23 heavy (non-hydrogen) atoms. The van der Waals surface area contributed by atoms with Crippen LogP contribution in [0.25, 0.3) is 0 Å². The maximum atomic E-state index is 10.8. The molecule has 0 fully saturated rings. The fraction of sp³-hybridized carbons (Fsp3) is 1.00. The molecule has 0 saturated heterocycles. The Hall–Kier alpha value is 5.17. The summed E-state index contributed by atoms with van der Waals surface area (Å²) < 4.78 is 21.6. The second-order valence-corrected chi connectivity index (χ2v) is 9.65. The van der Waals surface area contributed by atoms with Gasteiger partial charge in [0.1, 0.15) is 7.60 Å². The summed E-state index contributed by atoms with van der Waals surface area (Å²) >= 11 is 0. The molecule has 1 N–H and O–H groups in total. The molecule has 122 valence electrons. The van der Waals surface area contributed by atoms with E-state index in [4.69, 9.17) is 4.89 Å². The SMILES string of the molecule is CC(CCN(CP(=O)([O-])[O-])CP(=O)([O-])O)CC(C)(C)C.[K+].[K+].[K+]. The van der Waals surface area contributed by atoms with Gasteiger partial charge in [-0.25, -0.2) is 0 Å². The molecule has 0 aliphatic heterocycles. The molecule has 0 rings (SSSR count). The van der Waals surface area contributed by atoms with Crippen LogP contribution in [0.3, 0.4) is 0 Å². The van der Waals surface area contributed by atoms with Crippen molar-refractivity contribution in [2.75, 3.05) is 19.1 Å². The normalized spacial score (nSPS) is 15.7. The van der Waals surface area contributed by atoms with Gasteiger partial charge in [0.25, 0.3) is 0 Å². The smallest absolute Gasteiger partial charge is 0.810 e. The van der Waals surface area contributed by atoms with Crippen LogP contribution in [0.1, 0.15) is 40.5 Å². The Kier molecular flexibility index (Phi) is 24.7. The first-order valence-electron chi connectivity index (χ1n) is 6.44. The molecule has 0 spiro atoms. The summed E-state index contributed by atoms with van der Waals surface area (Å²) in [6.07, 6.45) is -0.260. The number of nitrogens with zero attached hydrogens (tertiary/aromatic N) is 1. The van der Waals surface area contributed by atoms with Gasteiger partial charge in [0.05, 0.1) is 6.29 Å². The van der Waals surface area contributed by atoms with Crippen LogP contribution in [0.5, 0.6) is 0 Å². The van der Waals surface area contributed by atoms with E-state index in [1.54, 1.807) is 0 Å². The topological polar surface area (TPSA) is 127 Å². The fourth-order valence-corrected chi connectivity index (χ4v) is 3.87. The zero-order valence-electron chi connectivity index (χ0n) is 15.4. The van der Waals surface area contributed by atoms with Gasteiger partial charge in [-0.1, -0.05) is 35.3 Å². The first kappa shape index (κ1) is 35.6. The van der Waals surface area contributed by atoms with E-state index in [9.17, 15) is 23.8 Å². The number of rotatable bonds is 8. The first-order valence-corrected chi connectivity index (χ1v) is 9.93. The van der Waals surface area contributed by atoms with E-state index < -0.39 is 27.8 Å². The van der Waals surface area contributed by atoms with Crippen molar-refractivity contribution < 1.29 is 183 Å². The average Bonchev–Trinajstić information content (AvgIpc) is 2.06. The first-order chi connectivity index (χ1) is 8.68. The summed E-state index contributed by atoms with van der Waals surface area (Å²) in [6, 6.07) is 0. The molecule has 0 aromatic heterocycles. The predicted octanol–water partition coefficient (Wildman–Crippen LogP) is -8.86. The summed E-state index contributed by atoms with van der Waals surface area (Å²) in [7, 11) is -9.49. The van der Waals surface area contributed by atoms with Crippen LogP contribution < -0.4 is 169 Å². The van der Waals surface area contributed by atoms with E-state index in [0.29, 0.717) is 6.42 Å². The molecule has 0 saturated carbocycles. The quantitative estimate of drug-likeness (QED) is 0.290. The van der Waals surface area contributed by atoms with Gasteiger partial charge in [-0.3, -0.25) is 4.90 Å². The molecule has 0 aromatic carbocycles. The molecule has 0 bridgehead atoms. The summed E-state index contributed by atoms with van der Waals surface area (Å²) in [4.78, 5) is 42.1. The summed E-state index contributed by atoms with van der Waals surface area (Å²) in [5.74, 6) is 0.250. The largest absolute Gasteiger partial charge is 1.00 e. The number of hydrogen-bond acceptors (Lipinski definition) is 6. The monoisotopic (exact) mass is 445 g/mol. The van der Waals surface area contributed by atoms with E-state index in [0.717, 1.165) is 11.3 Å². The molecule has 0 aliphatic rings. The van der Waals surface area contributed by atoms with E-state index in [-0.39, 0.29) is 172 Å². The molecule has 0 heterocycles. The Bertz CT molecular complexity index is 372. The van der Waals surface area contributed by atoms with Crippen LogP contribution in [-0.2, 0) is 9.13 Å². The Morgan fingerprint density at radius 3 is 1.78 bits per heavy atom. The Balaban J connectivity index is -0.000000602. The van der Waals surface area contributed by atoms with Crippen molar-refractivity contribution in [3.63, 3.8) is 0 Å². The summed E-state index contributed by atoms with van der Waals surface area (Å²) in [6.45, 7) is 8.34. The van der Waals surface area contributed by atoms with Crippen LogP contribution >= 0.6 is 15.2 Å². The minimum atomic E-state index is -4.85. The zero-order valence-corrected chi connectivity index (χ0v) is 26.6. The molecular formula is C11H24K3NO6P2. The average molecular weight is 446 g/mol. The molecule has 7 nitrogen and oxygen atoms in total. The van der Waals surface area contributed by atoms with Crippen LogP contribution in [0.15, 0.2) is 0 Å². The van der Waals surface area contributed by atoms with E-state index in [2.05, 4.69) is 20.8 Å². The second-order valence-electron chi connectivity index (χ2n) is 6.58. The van der Waals surface area contributed by atoms with Crippen molar-refractivity contribution in [2.45, 2.75) is 40.5 Å². The fourth-order valence-electron chi connectivity index (χ4n) is 2.23. The molecule has 0 aliphatic carbocycles. The third-order valence-corrected chi connectivity index (χ3v) is 4.15. The van der Waals surface area contributed by atoms with Gasteiger partial charge in [0.2, 0.25) is 0 Å². The van der Waals surface area contributed by atoms with Crippen molar-refractivity contribution in [2.24, 2.45) is 11.3 Å². The predicted molar refractivity (Wildman–Crippen MR) is 71.7 cm³/mol. The van der Waals surface area contributed by atoms with Crippen molar-refractivity contribution in [3.05, 3.63) is 0 Å². The maximum absolute atomic E-state index is 10.8. The van der Waals surface area contributed by atoms with Gasteiger partial charge in [-0.2, -0.15) is 0 Å². The van der Waals surface area contributed by atoms with Gasteiger partial charge in [0, 0.05) is 6.29 Å². The third-order valence-electron chi connectivity index (χ3n) is 2.65. The third kappa shape index (κ3) is 27.2. The van der Waals surface area contributed by atoms with Crippen LogP contribution in [0.4, 0.5) is 0 Å². The van der Waals surface area contributed by atoms with Crippen molar-refractivity contribution >= 4 is 15.2 Å². The molecule has 0 radical (unpaired) electrons. The molecule has 12 heteroatoms. The summed E-state index contributed by atoms with van der Waals surface area (Å²) in [5, 5.41) is 0. The molecule has 2 unspecified atom stereocenters. The second kappa shape index (κ2) is 15.9. The maximum Gasteiger partial charge on any atom is 1.00 e. The van der Waals surface area contributed by atoms with E-state index in [1.165, 1.54) is 0 Å². The molecule has 0 aromatic rings. The minimum Gasteiger partial charge on any atom is -0.810 e. The van der Waals surface area contributed by atoms with E-state index in [1.807, 2.05) is 6.92 Å². The standard InChI is InChI=1S/C11H27NO6P2.3K/c1-10(7-11(2,3)4)5-6-12(8-19(13,14)15)9-20(16,17)18;;;/h10H,5-9H2,1-4H3,(H2,13,14,15)(H2,16,17,18);;;/q;3*+1/p-3. The Morgan fingerprint density at radius 2 is 1.48 bits per heavy atom. The summed E-state index contributed by atoms with van der Waals surface area (Å²) in [5.41, 5.74) is 0.113. The van der Waals surface area contributed by atoms with Crippen molar-refractivity contribution in [1.82, 2.24) is 4.90 Å². The van der Waals surface area contributed by atoms with Gasteiger partial charge in [-0.15, -0.1) is 0 Å². The van der Waals surface area contributed by atoms with Gasteiger partial charge in [0.15, 0.2) is 0 Å². The van der Waals surface area contributed by atoms with Gasteiger partial charge < -0.3 is 28.7 Å². The van der Waals surface area contributed by atoms with E-state index >= 15 is 0 Å². The van der Waals surface area contributed by atoms with Crippen molar-refractivity contribution in [3.8, 4) is 0 Å². The van der Waals surface area contributed by atoms with Gasteiger partial charge >= 0.3 is 154 Å². The Morgan fingerprint density at radius 1 is 1.04 bits per heavy atom. The van der Waals surface area contributed by atoms with Crippen LogP contribution in [0, 0.1) is 11.3 Å². The minimum absolute atomic E-state index is 0. The van der Waals surface area contributed by atoms with Gasteiger partial charge in [-0.05, 0) is 30.7 Å². The number of hydrogen-bond donors (Lipinski definition) is 1. The van der Waals surface area contributed by atoms with Crippen LogP contribution in [-0.4, -0.2) is 28.9 Å². The molecule has 0 amide bonds. The zero-order chi connectivity index (χ0) is 16.2. The molecule has 2 atom stereocenters. The van der Waals surface area contributed by atoms with Crippen molar-refractivity contribution in [1.29, 1.82) is 0 Å². The van der Waals surface area contributed by atoms with Crippen LogP contribution in [0.2, 0.25) is 0 Å².